The van der Waals surface area contributed by atoms with Crippen molar-refractivity contribution in [3.63, 3.8) is 0 Å². The minimum atomic E-state index is -0.432. The Hall–Kier alpha value is -1.55. The molecule has 0 aliphatic carbocycles. The van der Waals surface area contributed by atoms with Gasteiger partial charge in [-0.2, -0.15) is 0 Å². The summed E-state index contributed by atoms with van der Waals surface area (Å²) in [5.41, 5.74) is 6.85. The summed E-state index contributed by atoms with van der Waals surface area (Å²) in [6, 6.07) is 7.22. The molecule has 2 rings (SSSR count). The quantitative estimate of drug-likeness (QED) is 0.728. The van der Waals surface area contributed by atoms with Crippen LogP contribution in [0.15, 0.2) is 24.3 Å². The molecule has 1 aromatic carbocycles. The van der Waals surface area contributed by atoms with Crippen LogP contribution >= 0.6 is 0 Å². The fraction of sp³-hybridized carbons (Fsp3) is 0.364. The minimum absolute atomic E-state index is 0.0726. The van der Waals surface area contributed by atoms with Crippen LogP contribution in [0, 0.1) is 0 Å². The number of methoxy groups -OCH3 is 1. The molecule has 1 heterocycles. The van der Waals surface area contributed by atoms with Crippen molar-refractivity contribution >= 4 is 5.91 Å². The second kappa shape index (κ2) is 3.90. The number of ether oxygens (including phenoxy) is 1. The second-order valence-electron chi connectivity index (χ2n) is 3.65. The third-order valence-corrected chi connectivity index (χ3v) is 2.78. The van der Waals surface area contributed by atoms with E-state index in [0.29, 0.717) is 6.54 Å². The van der Waals surface area contributed by atoms with E-state index in [0.717, 1.165) is 11.3 Å². The zero-order valence-corrected chi connectivity index (χ0v) is 8.57. The Labute approximate surface area is 88.4 Å². The zero-order chi connectivity index (χ0) is 10.8. The maximum absolute atomic E-state index is 11.2. The lowest BCUT2D eigenvalue weighted by Crippen LogP contribution is -2.33. The minimum Gasteiger partial charge on any atom is -0.497 e. The Bertz CT molecular complexity index is 361. The molecule has 1 aliphatic heterocycles. The van der Waals surface area contributed by atoms with Crippen molar-refractivity contribution in [2.75, 3.05) is 13.7 Å². The Kier molecular flexibility index (Phi) is 2.60. The van der Waals surface area contributed by atoms with Crippen molar-refractivity contribution in [2.45, 2.75) is 12.0 Å². The van der Waals surface area contributed by atoms with Crippen molar-refractivity contribution < 1.29 is 9.53 Å². The lowest BCUT2D eigenvalue weighted by Gasteiger charge is -2.12. The molecule has 15 heavy (non-hydrogen) atoms. The first kappa shape index (κ1) is 9.98. The smallest absolute Gasteiger partial charge is 0.237 e. The zero-order valence-electron chi connectivity index (χ0n) is 8.57. The van der Waals surface area contributed by atoms with E-state index in [1.807, 2.05) is 24.3 Å². The van der Waals surface area contributed by atoms with Crippen molar-refractivity contribution in [3.8, 4) is 5.75 Å². The highest BCUT2D eigenvalue weighted by atomic mass is 16.5. The van der Waals surface area contributed by atoms with Crippen molar-refractivity contribution in [3.05, 3.63) is 29.8 Å². The van der Waals surface area contributed by atoms with Gasteiger partial charge < -0.3 is 15.8 Å². The molecule has 0 spiro atoms. The van der Waals surface area contributed by atoms with Crippen LogP contribution in [-0.4, -0.2) is 25.6 Å². The summed E-state index contributed by atoms with van der Waals surface area (Å²) in [5, 5.41) is 2.75. The lowest BCUT2D eigenvalue weighted by molar-refractivity contribution is -0.120. The van der Waals surface area contributed by atoms with Crippen molar-refractivity contribution in [2.24, 2.45) is 5.73 Å². The molecular formula is C11H14N2O2. The van der Waals surface area contributed by atoms with Gasteiger partial charge in [-0.25, -0.2) is 0 Å². The molecule has 1 saturated heterocycles. The normalized spacial score (nSPS) is 25.1. The van der Waals surface area contributed by atoms with Crippen LogP contribution in [0.3, 0.4) is 0 Å². The van der Waals surface area contributed by atoms with E-state index in [4.69, 9.17) is 10.5 Å². The van der Waals surface area contributed by atoms with Gasteiger partial charge in [0.05, 0.1) is 13.2 Å². The Balaban J connectivity index is 2.19. The highest BCUT2D eigenvalue weighted by Crippen LogP contribution is 2.24. The van der Waals surface area contributed by atoms with E-state index in [1.54, 1.807) is 7.11 Å². The molecule has 2 atom stereocenters. The first-order valence-electron chi connectivity index (χ1n) is 4.89. The van der Waals surface area contributed by atoms with Gasteiger partial charge in [-0.15, -0.1) is 0 Å². The summed E-state index contributed by atoms with van der Waals surface area (Å²) in [6.45, 7) is 0.617. The number of rotatable bonds is 2. The number of benzene rings is 1. The largest absolute Gasteiger partial charge is 0.497 e. The molecule has 4 heteroatoms. The molecule has 1 aliphatic rings. The standard InChI is InChI=1S/C11H14N2O2/c1-15-8-4-2-7(3-5-8)9-6-13-11(14)10(9)12/h2-5,9-10H,6,12H2,1H3,(H,13,14). The molecule has 3 N–H and O–H groups in total. The SMILES string of the molecule is COc1ccc(C2CNC(=O)C2N)cc1. The highest BCUT2D eigenvalue weighted by Gasteiger charge is 2.32. The van der Waals surface area contributed by atoms with E-state index >= 15 is 0 Å². The Morgan fingerprint density at radius 3 is 2.53 bits per heavy atom. The van der Waals surface area contributed by atoms with Crippen LogP contribution in [-0.2, 0) is 4.79 Å². The van der Waals surface area contributed by atoms with Gasteiger partial charge in [0, 0.05) is 12.5 Å². The van der Waals surface area contributed by atoms with E-state index in [-0.39, 0.29) is 11.8 Å². The lowest BCUT2D eigenvalue weighted by atomic mass is 9.95. The predicted octanol–water partition coefficient (Wildman–Crippen LogP) is 0.236. The molecule has 0 radical (unpaired) electrons. The van der Waals surface area contributed by atoms with Gasteiger partial charge in [0.1, 0.15) is 5.75 Å². The number of nitrogens with one attached hydrogen (secondary N) is 1. The van der Waals surface area contributed by atoms with Gasteiger partial charge >= 0.3 is 0 Å². The van der Waals surface area contributed by atoms with Crippen molar-refractivity contribution in [1.82, 2.24) is 5.32 Å². The maximum atomic E-state index is 11.2. The summed E-state index contributed by atoms with van der Waals surface area (Å²) in [5.74, 6) is 0.809. The number of hydrogen-bond acceptors (Lipinski definition) is 3. The van der Waals surface area contributed by atoms with E-state index < -0.39 is 6.04 Å². The van der Waals surface area contributed by atoms with Gasteiger partial charge in [0.2, 0.25) is 5.91 Å². The van der Waals surface area contributed by atoms with Crippen molar-refractivity contribution in [1.29, 1.82) is 0 Å². The van der Waals surface area contributed by atoms with Crippen LogP contribution in [0.5, 0.6) is 5.75 Å². The molecule has 0 saturated carbocycles. The first-order chi connectivity index (χ1) is 7.22. The summed E-state index contributed by atoms with van der Waals surface area (Å²) in [6.07, 6.45) is 0. The molecule has 1 aromatic rings. The number of nitrogens with two attached hydrogens (primary N) is 1. The molecule has 4 nitrogen and oxygen atoms in total. The van der Waals surface area contributed by atoms with Gasteiger partial charge in [-0.05, 0) is 17.7 Å². The van der Waals surface area contributed by atoms with Crippen LogP contribution in [0.1, 0.15) is 11.5 Å². The molecule has 2 unspecified atom stereocenters. The second-order valence-corrected chi connectivity index (χ2v) is 3.65. The van der Waals surface area contributed by atoms with E-state index in [2.05, 4.69) is 5.32 Å². The molecule has 80 valence electrons. The number of carbonyl (C=O) groups excluding carboxylic acids is 1. The number of hydrogen-bond donors (Lipinski definition) is 2. The van der Waals surface area contributed by atoms with Gasteiger partial charge in [-0.1, -0.05) is 12.1 Å². The Morgan fingerprint density at radius 1 is 1.40 bits per heavy atom. The van der Waals surface area contributed by atoms with Crippen LogP contribution < -0.4 is 15.8 Å². The summed E-state index contributed by atoms with van der Waals surface area (Å²) in [7, 11) is 1.63. The fourth-order valence-electron chi connectivity index (χ4n) is 1.81. The predicted molar refractivity (Wildman–Crippen MR) is 56.7 cm³/mol. The van der Waals surface area contributed by atoms with Crippen LogP contribution in [0.25, 0.3) is 0 Å². The van der Waals surface area contributed by atoms with E-state index in [9.17, 15) is 4.79 Å². The molecular weight excluding hydrogens is 192 g/mol. The first-order valence-corrected chi connectivity index (χ1v) is 4.89. The monoisotopic (exact) mass is 206 g/mol. The average Bonchev–Trinajstić information content (AvgIpc) is 2.60. The summed E-state index contributed by atoms with van der Waals surface area (Å²) < 4.78 is 5.07. The third kappa shape index (κ3) is 1.80. The fourth-order valence-corrected chi connectivity index (χ4v) is 1.81. The molecule has 1 fully saturated rings. The molecule has 1 amide bonds. The molecule has 0 bridgehead atoms. The number of carbonyl (C=O) groups is 1. The van der Waals surface area contributed by atoms with Gasteiger partial charge in [0.25, 0.3) is 0 Å². The Morgan fingerprint density at radius 2 is 2.07 bits per heavy atom. The average molecular weight is 206 g/mol. The highest BCUT2D eigenvalue weighted by molar-refractivity contribution is 5.85. The third-order valence-electron chi connectivity index (χ3n) is 2.78. The topological polar surface area (TPSA) is 64.3 Å². The summed E-state index contributed by atoms with van der Waals surface area (Å²) >= 11 is 0. The summed E-state index contributed by atoms with van der Waals surface area (Å²) in [4.78, 5) is 11.2. The van der Waals surface area contributed by atoms with Crippen LogP contribution in [0.4, 0.5) is 0 Å². The molecule has 0 aromatic heterocycles. The van der Waals surface area contributed by atoms with E-state index in [1.165, 1.54) is 0 Å². The number of amides is 1. The maximum Gasteiger partial charge on any atom is 0.237 e. The van der Waals surface area contributed by atoms with Gasteiger partial charge in [0.15, 0.2) is 0 Å². The van der Waals surface area contributed by atoms with Crippen LogP contribution in [0.2, 0.25) is 0 Å². The van der Waals surface area contributed by atoms with Gasteiger partial charge in [-0.3, -0.25) is 4.79 Å².